The molecule has 0 N–H and O–H groups in total. The van der Waals surface area contributed by atoms with Crippen LogP contribution in [0, 0.1) is 6.92 Å². The van der Waals surface area contributed by atoms with Crippen LogP contribution < -0.4 is 0 Å². The predicted molar refractivity (Wildman–Crippen MR) is 31.2 cm³/mol. The van der Waals surface area contributed by atoms with Crippen molar-refractivity contribution in [3.8, 4) is 0 Å². The van der Waals surface area contributed by atoms with Gasteiger partial charge in [-0.05, 0) is 6.42 Å². The van der Waals surface area contributed by atoms with Crippen molar-refractivity contribution < 1.29 is 9.53 Å². The molecule has 0 aliphatic rings. The second-order valence-electron chi connectivity index (χ2n) is 1.47. The molecule has 0 aromatic carbocycles. The van der Waals surface area contributed by atoms with Crippen LogP contribution in [-0.4, -0.2) is 12.6 Å². The van der Waals surface area contributed by atoms with E-state index in [0.29, 0.717) is 6.42 Å². The molecule has 0 radical (unpaired) electrons. The third-order valence-electron chi connectivity index (χ3n) is 0.717. The molecule has 0 aromatic rings. The zero-order valence-electron chi connectivity index (χ0n) is 5.14. The normalized spacial score (nSPS) is 8.62. The molecule has 0 saturated heterocycles. The third kappa shape index (κ3) is 3.53. The van der Waals surface area contributed by atoms with Gasteiger partial charge in [0.2, 0.25) is 6.61 Å². The minimum atomic E-state index is -0.150. The van der Waals surface area contributed by atoms with Crippen molar-refractivity contribution in [3.05, 3.63) is 6.92 Å². The van der Waals surface area contributed by atoms with Gasteiger partial charge in [-0.2, -0.15) is 0 Å². The SMILES string of the molecule is [CH2+]COC(=O)CCC. The fourth-order valence-electron chi connectivity index (χ4n) is 0.390. The van der Waals surface area contributed by atoms with Crippen LogP contribution in [0.3, 0.4) is 0 Å². The van der Waals surface area contributed by atoms with Gasteiger partial charge in [-0.1, -0.05) is 6.92 Å². The Bertz CT molecular complexity index is 60.9. The summed E-state index contributed by atoms with van der Waals surface area (Å²) in [5.74, 6) is -0.150. The quantitative estimate of drug-likeness (QED) is 0.407. The van der Waals surface area contributed by atoms with Gasteiger partial charge < -0.3 is 4.74 Å². The molecule has 2 nitrogen and oxygen atoms in total. The van der Waals surface area contributed by atoms with E-state index >= 15 is 0 Å². The number of esters is 1. The standard InChI is InChI=1S/C6H11O2/c1-3-5-6(7)8-4-2/h2-5H2,1H3/q+1. The maximum atomic E-state index is 10.4. The maximum Gasteiger partial charge on any atom is 0.309 e. The molecule has 8 heavy (non-hydrogen) atoms. The molecule has 0 spiro atoms. The lowest BCUT2D eigenvalue weighted by molar-refractivity contribution is -0.142. The summed E-state index contributed by atoms with van der Waals surface area (Å²) in [7, 11) is 0. The summed E-state index contributed by atoms with van der Waals surface area (Å²) >= 11 is 0. The molecule has 0 aromatic heterocycles. The lowest BCUT2D eigenvalue weighted by atomic mass is 10.3. The highest BCUT2D eigenvalue weighted by atomic mass is 16.5. The van der Waals surface area contributed by atoms with Gasteiger partial charge in [-0.25, -0.2) is 0 Å². The van der Waals surface area contributed by atoms with Crippen molar-refractivity contribution >= 4 is 5.97 Å². The Balaban J connectivity index is 3.06. The molecule has 0 amide bonds. The van der Waals surface area contributed by atoms with Crippen molar-refractivity contribution in [1.29, 1.82) is 0 Å². The molecule has 46 valence electrons. The highest BCUT2D eigenvalue weighted by molar-refractivity contribution is 5.69. The Morgan fingerprint density at radius 3 is 2.75 bits per heavy atom. The average molecular weight is 115 g/mol. The molecule has 0 fully saturated rings. The van der Waals surface area contributed by atoms with Gasteiger partial charge in [0.1, 0.15) is 6.92 Å². The highest BCUT2D eigenvalue weighted by Gasteiger charge is 1.97. The molecule has 2 heteroatoms. The maximum absolute atomic E-state index is 10.4. The largest absolute Gasteiger partial charge is 0.423 e. The first-order chi connectivity index (χ1) is 3.81. The van der Waals surface area contributed by atoms with E-state index in [1.165, 1.54) is 0 Å². The monoisotopic (exact) mass is 115 g/mol. The number of ether oxygens (including phenoxy) is 1. The van der Waals surface area contributed by atoms with Gasteiger partial charge >= 0.3 is 5.97 Å². The van der Waals surface area contributed by atoms with Crippen LogP contribution in [-0.2, 0) is 9.53 Å². The second-order valence-corrected chi connectivity index (χ2v) is 1.47. The summed E-state index contributed by atoms with van der Waals surface area (Å²) in [6.45, 7) is 5.55. The molecule has 0 aliphatic heterocycles. The molecular weight excluding hydrogens is 104 g/mol. The zero-order valence-corrected chi connectivity index (χ0v) is 5.14. The van der Waals surface area contributed by atoms with E-state index in [0.717, 1.165) is 6.42 Å². The summed E-state index contributed by atoms with van der Waals surface area (Å²) in [5, 5.41) is 0. The molecule has 0 aliphatic carbocycles. The number of hydrogen-bond donors (Lipinski definition) is 0. The van der Waals surface area contributed by atoms with E-state index in [-0.39, 0.29) is 12.6 Å². The minimum Gasteiger partial charge on any atom is -0.423 e. The molecule has 0 bridgehead atoms. The van der Waals surface area contributed by atoms with Gasteiger partial charge in [0, 0.05) is 6.42 Å². The van der Waals surface area contributed by atoms with Crippen molar-refractivity contribution in [2.45, 2.75) is 19.8 Å². The molecule has 0 saturated carbocycles. The predicted octanol–water partition coefficient (Wildman–Crippen LogP) is 1.16. The Labute approximate surface area is 49.8 Å². The van der Waals surface area contributed by atoms with Crippen LogP contribution >= 0.6 is 0 Å². The van der Waals surface area contributed by atoms with E-state index < -0.39 is 0 Å². The Kier molecular flexibility index (Phi) is 4.13. The van der Waals surface area contributed by atoms with Crippen LogP contribution in [0.4, 0.5) is 0 Å². The van der Waals surface area contributed by atoms with E-state index in [1.54, 1.807) is 0 Å². The lowest BCUT2D eigenvalue weighted by Gasteiger charge is -1.92. The third-order valence-corrected chi connectivity index (χ3v) is 0.717. The number of carbonyl (C=O) groups excluding carboxylic acids is 1. The zero-order chi connectivity index (χ0) is 6.41. The molecule has 0 heterocycles. The van der Waals surface area contributed by atoms with Gasteiger partial charge in [0.25, 0.3) is 0 Å². The first-order valence-electron chi connectivity index (χ1n) is 2.76. The van der Waals surface area contributed by atoms with Crippen LogP contribution in [0.5, 0.6) is 0 Å². The van der Waals surface area contributed by atoms with Crippen LogP contribution in [0.25, 0.3) is 0 Å². The summed E-state index contributed by atoms with van der Waals surface area (Å²) < 4.78 is 4.53. The summed E-state index contributed by atoms with van der Waals surface area (Å²) in [5.41, 5.74) is 0. The number of carbonyl (C=O) groups is 1. The second kappa shape index (κ2) is 4.50. The number of rotatable bonds is 3. The van der Waals surface area contributed by atoms with Gasteiger partial charge in [0.15, 0.2) is 0 Å². The van der Waals surface area contributed by atoms with Crippen molar-refractivity contribution in [1.82, 2.24) is 0 Å². The van der Waals surface area contributed by atoms with E-state index in [4.69, 9.17) is 0 Å². The Morgan fingerprint density at radius 1 is 1.75 bits per heavy atom. The summed E-state index contributed by atoms with van der Waals surface area (Å²) in [6, 6.07) is 0. The van der Waals surface area contributed by atoms with Crippen LogP contribution in [0.1, 0.15) is 19.8 Å². The van der Waals surface area contributed by atoms with E-state index in [9.17, 15) is 4.79 Å². The van der Waals surface area contributed by atoms with Crippen molar-refractivity contribution in [2.75, 3.05) is 6.61 Å². The Morgan fingerprint density at radius 2 is 2.38 bits per heavy atom. The molecule has 0 rings (SSSR count). The highest BCUT2D eigenvalue weighted by Crippen LogP contribution is 1.88. The Hall–Kier alpha value is -0.660. The van der Waals surface area contributed by atoms with Crippen molar-refractivity contribution in [2.24, 2.45) is 0 Å². The smallest absolute Gasteiger partial charge is 0.309 e. The fraction of sp³-hybridized carbons (Fsp3) is 0.667. The molecule has 0 atom stereocenters. The number of hydrogen-bond acceptors (Lipinski definition) is 2. The fourth-order valence-corrected chi connectivity index (χ4v) is 0.390. The van der Waals surface area contributed by atoms with Gasteiger partial charge in [-0.15, -0.1) is 0 Å². The lowest BCUT2D eigenvalue weighted by Crippen LogP contribution is -2.02. The van der Waals surface area contributed by atoms with Gasteiger partial charge in [-0.3, -0.25) is 4.79 Å². The topological polar surface area (TPSA) is 26.3 Å². The van der Waals surface area contributed by atoms with Gasteiger partial charge in [0.05, 0.1) is 0 Å². The van der Waals surface area contributed by atoms with E-state index in [1.807, 2.05) is 6.92 Å². The first kappa shape index (κ1) is 7.34. The van der Waals surface area contributed by atoms with Crippen molar-refractivity contribution in [3.63, 3.8) is 0 Å². The average Bonchev–Trinajstić information content (AvgIpc) is 1.68. The first-order valence-corrected chi connectivity index (χ1v) is 2.76. The minimum absolute atomic E-state index is 0.150. The molecular formula is C6H11O2+. The molecule has 0 unspecified atom stereocenters. The van der Waals surface area contributed by atoms with E-state index in [2.05, 4.69) is 11.7 Å². The van der Waals surface area contributed by atoms with Crippen LogP contribution in [0.2, 0.25) is 0 Å². The summed E-state index contributed by atoms with van der Waals surface area (Å²) in [4.78, 5) is 10.4. The summed E-state index contributed by atoms with van der Waals surface area (Å²) in [6.07, 6.45) is 1.36. The van der Waals surface area contributed by atoms with Crippen LogP contribution in [0.15, 0.2) is 0 Å².